The van der Waals surface area contributed by atoms with E-state index < -0.39 is 0 Å². The molecule has 0 aliphatic heterocycles. The highest BCUT2D eigenvalue weighted by Gasteiger charge is 2.18. The molecule has 0 aromatic heterocycles. The molecule has 0 aliphatic rings. The molecule has 0 bridgehead atoms. The van der Waals surface area contributed by atoms with Crippen molar-refractivity contribution in [2.45, 2.75) is 39.5 Å². The molecule has 3 nitrogen and oxygen atoms in total. The fourth-order valence-electron chi connectivity index (χ4n) is 1.66. The fraction of sp³-hybridized carbons (Fsp3) is 0.600. The molecule has 0 atom stereocenters. The highest BCUT2D eigenvalue weighted by atomic mass is 16.5. The van der Waals surface area contributed by atoms with Gasteiger partial charge in [0.15, 0.2) is 0 Å². The van der Waals surface area contributed by atoms with Crippen LogP contribution in [0.15, 0.2) is 18.2 Å². The lowest BCUT2D eigenvalue weighted by molar-refractivity contribution is 0.110. The Labute approximate surface area is 110 Å². The van der Waals surface area contributed by atoms with E-state index in [0.29, 0.717) is 25.5 Å². The van der Waals surface area contributed by atoms with E-state index >= 15 is 0 Å². The van der Waals surface area contributed by atoms with E-state index in [1.807, 2.05) is 19.1 Å². The molecule has 102 valence electrons. The Kier molecular flexibility index (Phi) is 5.48. The van der Waals surface area contributed by atoms with Crippen molar-refractivity contribution in [3.63, 3.8) is 0 Å². The van der Waals surface area contributed by atoms with Gasteiger partial charge in [-0.25, -0.2) is 0 Å². The van der Waals surface area contributed by atoms with E-state index in [1.165, 1.54) is 5.56 Å². The zero-order valence-corrected chi connectivity index (χ0v) is 12.0. The molecule has 0 saturated carbocycles. The third-order valence-electron chi connectivity index (χ3n) is 3.36. The lowest BCUT2D eigenvalue weighted by Crippen LogP contribution is -2.16. The molecular weight excluding hydrogens is 226 g/mol. The number of hydrogen-bond acceptors (Lipinski definition) is 3. The minimum Gasteiger partial charge on any atom is -0.489 e. The van der Waals surface area contributed by atoms with Crippen molar-refractivity contribution in [1.29, 1.82) is 0 Å². The summed E-state index contributed by atoms with van der Waals surface area (Å²) in [6.07, 6.45) is 1.08. The Hall–Kier alpha value is -1.22. The first-order valence-electron chi connectivity index (χ1n) is 6.61. The molecule has 0 aliphatic carbocycles. The van der Waals surface area contributed by atoms with Crippen molar-refractivity contribution >= 4 is 5.69 Å². The topological polar surface area (TPSA) is 44.5 Å². The standard InChI is InChI=1S/C15H25NO2/c1-5-15(3,4)12-7-8-14(13(16)11-12)18-10-9-17-6-2/h7-8,11H,5-6,9-10,16H2,1-4H3. The van der Waals surface area contributed by atoms with E-state index in [4.69, 9.17) is 15.2 Å². The summed E-state index contributed by atoms with van der Waals surface area (Å²) in [6.45, 7) is 10.4. The first kappa shape index (κ1) is 14.8. The molecule has 0 saturated heterocycles. The summed E-state index contributed by atoms with van der Waals surface area (Å²) in [6, 6.07) is 6.06. The van der Waals surface area contributed by atoms with Gasteiger partial charge in [-0.05, 0) is 36.5 Å². The first-order chi connectivity index (χ1) is 8.51. The number of nitrogen functional groups attached to an aromatic ring is 1. The molecule has 2 N–H and O–H groups in total. The first-order valence-corrected chi connectivity index (χ1v) is 6.61. The SMILES string of the molecule is CCOCCOc1ccc(C(C)(C)CC)cc1N. The minimum absolute atomic E-state index is 0.151. The molecule has 0 radical (unpaired) electrons. The van der Waals surface area contributed by atoms with Crippen molar-refractivity contribution in [1.82, 2.24) is 0 Å². The second-order valence-electron chi connectivity index (χ2n) is 5.04. The highest BCUT2D eigenvalue weighted by Crippen LogP contribution is 2.31. The predicted molar refractivity (Wildman–Crippen MR) is 76.2 cm³/mol. The van der Waals surface area contributed by atoms with E-state index in [-0.39, 0.29) is 5.41 Å². The third-order valence-corrected chi connectivity index (χ3v) is 3.36. The number of rotatable bonds is 7. The van der Waals surface area contributed by atoms with Gasteiger partial charge in [-0.1, -0.05) is 26.8 Å². The largest absolute Gasteiger partial charge is 0.489 e. The number of anilines is 1. The van der Waals surface area contributed by atoms with Crippen molar-refractivity contribution in [2.24, 2.45) is 0 Å². The van der Waals surface area contributed by atoms with Gasteiger partial charge in [0.05, 0.1) is 12.3 Å². The van der Waals surface area contributed by atoms with Gasteiger partial charge in [0, 0.05) is 6.61 Å². The lowest BCUT2D eigenvalue weighted by Gasteiger charge is -2.24. The van der Waals surface area contributed by atoms with Crippen LogP contribution in [0.1, 0.15) is 39.7 Å². The zero-order chi connectivity index (χ0) is 13.6. The molecule has 0 unspecified atom stereocenters. The van der Waals surface area contributed by atoms with Gasteiger partial charge in [0.1, 0.15) is 12.4 Å². The van der Waals surface area contributed by atoms with Crippen LogP contribution in [0.5, 0.6) is 5.75 Å². The van der Waals surface area contributed by atoms with Crippen LogP contribution < -0.4 is 10.5 Å². The van der Waals surface area contributed by atoms with E-state index in [1.54, 1.807) is 0 Å². The summed E-state index contributed by atoms with van der Waals surface area (Å²) in [4.78, 5) is 0. The van der Waals surface area contributed by atoms with Crippen LogP contribution in [0.2, 0.25) is 0 Å². The van der Waals surface area contributed by atoms with Crippen molar-refractivity contribution < 1.29 is 9.47 Å². The second kappa shape index (κ2) is 6.64. The molecule has 0 spiro atoms. The summed E-state index contributed by atoms with van der Waals surface area (Å²) in [7, 11) is 0. The second-order valence-corrected chi connectivity index (χ2v) is 5.04. The van der Waals surface area contributed by atoms with Gasteiger partial charge in [0.2, 0.25) is 0 Å². The van der Waals surface area contributed by atoms with Gasteiger partial charge >= 0.3 is 0 Å². The number of ether oxygens (including phenoxy) is 2. The molecule has 0 fully saturated rings. The summed E-state index contributed by atoms with van der Waals surface area (Å²) >= 11 is 0. The van der Waals surface area contributed by atoms with Crippen molar-refractivity contribution in [3.8, 4) is 5.75 Å². The quantitative estimate of drug-likeness (QED) is 0.597. The van der Waals surface area contributed by atoms with Crippen molar-refractivity contribution in [2.75, 3.05) is 25.6 Å². The molecule has 0 amide bonds. The fourth-order valence-corrected chi connectivity index (χ4v) is 1.66. The van der Waals surface area contributed by atoms with Crippen LogP contribution in [0.3, 0.4) is 0 Å². The van der Waals surface area contributed by atoms with Crippen LogP contribution in [-0.4, -0.2) is 19.8 Å². The Morgan fingerprint density at radius 2 is 1.89 bits per heavy atom. The summed E-state index contributed by atoms with van der Waals surface area (Å²) in [5, 5.41) is 0. The van der Waals surface area contributed by atoms with E-state index in [9.17, 15) is 0 Å². The monoisotopic (exact) mass is 251 g/mol. The van der Waals surface area contributed by atoms with Gasteiger partial charge < -0.3 is 15.2 Å². The average Bonchev–Trinajstić information content (AvgIpc) is 2.36. The Morgan fingerprint density at radius 3 is 2.44 bits per heavy atom. The zero-order valence-electron chi connectivity index (χ0n) is 12.0. The number of benzene rings is 1. The maximum absolute atomic E-state index is 6.02. The van der Waals surface area contributed by atoms with Gasteiger partial charge in [-0.3, -0.25) is 0 Å². The van der Waals surface area contributed by atoms with Crippen LogP contribution in [0.4, 0.5) is 5.69 Å². The maximum Gasteiger partial charge on any atom is 0.142 e. The minimum atomic E-state index is 0.151. The molecule has 1 aromatic rings. The summed E-state index contributed by atoms with van der Waals surface area (Å²) in [5.41, 5.74) is 8.12. The normalized spacial score (nSPS) is 11.6. The summed E-state index contributed by atoms with van der Waals surface area (Å²) in [5.74, 6) is 0.741. The molecule has 3 heteroatoms. The smallest absolute Gasteiger partial charge is 0.142 e. The van der Waals surface area contributed by atoms with E-state index in [2.05, 4.69) is 26.8 Å². The maximum atomic E-state index is 6.02. The molecule has 18 heavy (non-hydrogen) atoms. The lowest BCUT2D eigenvalue weighted by atomic mass is 9.82. The van der Waals surface area contributed by atoms with Crippen molar-refractivity contribution in [3.05, 3.63) is 23.8 Å². The van der Waals surface area contributed by atoms with E-state index in [0.717, 1.165) is 12.2 Å². The van der Waals surface area contributed by atoms with Crippen LogP contribution in [0.25, 0.3) is 0 Å². The molecule has 1 rings (SSSR count). The van der Waals surface area contributed by atoms with Gasteiger partial charge in [-0.2, -0.15) is 0 Å². The number of nitrogens with two attached hydrogens (primary N) is 1. The number of hydrogen-bond donors (Lipinski definition) is 1. The molecule has 0 heterocycles. The van der Waals surface area contributed by atoms with Crippen LogP contribution in [-0.2, 0) is 10.2 Å². The average molecular weight is 251 g/mol. The third kappa shape index (κ3) is 3.91. The Bertz CT molecular complexity index is 375. The van der Waals surface area contributed by atoms with Gasteiger partial charge in [0.25, 0.3) is 0 Å². The molecule has 1 aromatic carbocycles. The predicted octanol–water partition coefficient (Wildman–Crippen LogP) is 3.37. The van der Waals surface area contributed by atoms with Crippen LogP contribution in [0, 0.1) is 0 Å². The Morgan fingerprint density at radius 1 is 1.17 bits per heavy atom. The highest BCUT2D eigenvalue weighted by molar-refractivity contribution is 5.55. The van der Waals surface area contributed by atoms with Crippen LogP contribution >= 0.6 is 0 Å². The Balaban J connectivity index is 2.68. The molecular formula is C15H25NO2. The van der Waals surface area contributed by atoms with Gasteiger partial charge in [-0.15, -0.1) is 0 Å². The summed E-state index contributed by atoms with van der Waals surface area (Å²) < 4.78 is 10.8.